The van der Waals surface area contributed by atoms with Gasteiger partial charge in [-0.2, -0.15) is 8.78 Å². The molecular formula is C23H22F6O2. The molecule has 0 radical (unpaired) electrons. The lowest BCUT2D eigenvalue weighted by Crippen LogP contribution is -2.22. The Morgan fingerprint density at radius 3 is 2.19 bits per heavy atom. The van der Waals surface area contributed by atoms with E-state index in [1.165, 1.54) is 19.1 Å². The minimum Gasteiger partial charge on any atom is -0.434 e. The summed E-state index contributed by atoms with van der Waals surface area (Å²) in [5, 5.41) is 0. The van der Waals surface area contributed by atoms with Gasteiger partial charge in [0.2, 0.25) is 0 Å². The van der Waals surface area contributed by atoms with E-state index in [1.54, 1.807) is 0 Å². The first-order valence-corrected chi connectivity index (χ1v) is 9.92. The zero-order valence-corrected chi connectivity index (χ0v) is 17.1. The molecule has 0 fully saturated rings. The number of hydrogen-bond donors (Lipinski definition) is 0. The van der Waals surface area contributed by atoms with Gasteiger partial charge in [-0.1, -0.05) is 18.2 Å². The number of ether oxygens (including phenoxy) is 2. The van der Waals surface area contributed by atoms with E-state index in [1.807, 2.05) is 6.92 Å². The van der Waals surface area contributed by atoms with Gasteiger partial charge < -0.3 is 9.47 Å². The van der Waals surface area contributed by atoms with E-state index in [4.69, 9.17) is 9.47 Å². The van der Waals surface area contributed by atoms with Crippen molar-refractivity contribution in [2.75, 3.05) is 13.2 Å². The van der Waals surface area contributed by atoms with Crippen molar-refractivity contribution in [2.24, 2.45) is 5.92 Å². The monoisotopic (exact) mass is 444 g/mol. The number of benzene rings is 2. The van der Waals surface area contributed by atoms with E-state index in [0.29, 0.717) is 32.1 Å². The van der Waals surface area contributed by atoms with Crippen molar-refractivity contribution >= 4 is 0 Å². The Morgan fingerprint density at radius 1 is 0.935 bits per heavy atom. The second-order valence-corrected chi connectivity index (χ2v) is 7.44. The molecule has 0 N–H and O–H groups in total. The summed E-state index contributed by atoms with van der Waals surface area (Å²) in [5.74, 6) is -6.04. The fourth-order valence-electron chi connectivity index (χ4n) is 3.45. The largest absolute Gasteiger partial charge is 0.434 e. The van der Waals surface area contributed by atoms with Crippen molar-refractivity contribution in [2.45, 2.75) is 39.2 Å². The van der Waals surface area contributed by atoms with Crippen LogP contribution in [0.25, 0.3) is 11.1 Å². The van der Waals surface area contributed by atoms with Crippen molar-refractivity contribution in [3.8, 4) is 11.1 Å². The number of allylic oxidation sites excluding steroid dienone is 2. The first kappa shape index (κ1) is 23.2. The average molecular weight is 444 g/mol. The molecule has 168 valence electrons. The quantitative estimate of drug-likeness (QED) is 0.428. The molecule has 1 aliphatic rings. The predicted octanol–water partition coefficient (Wildman–Crippen LogP) is 7.00. The molecule has 31 heavy (non-hydrogen) atoms. The highest BCUT2D eigenvalue weighted by molar-refractivity contribution is 5.66. The molecule has 0 bridgehead atoms. The maximum Gasteiger partial charge on any atom is 0.429 e. The molecule has 0 aliphatic heterocycles. The van der Waals surface area contributed by atoms with E-state index in [9.17, 15) is 26.3 Å². The van der Waals surface area contributed by atoms with Gasteiger partial charge in [-0.25, -0.2) is 17.6 Å². The third-order valence-electron chi connectivity index (χ3n) is 5.26. The molecule has 1 unspecified atom stereocenters. The molecule has 0 saturated carbocycles. The maximum atomic E-state index is 14.6. The van der Waals surface area contributed by atoms with Crippen LogP contribution >= 0.6 is 0 Å². The first-order valence-electron chi connectivity index (χ1n) is 9.92. The third-order valence-corrected chi connectivity index (χ3v) is 5.26. The lowest BCUT2D eigenvalue weighted by atomic mass is 9.94. The second-order valence-electron chi connectivity index (χ2n) is 7.44. The van der Waals surface area contributed by atoms with Crippen molar-refractivity contribution in [3.63, 3.8) is 0 Å². The standard InChI is InChI=1S/C23H22F6O2/c1-3-30-12-14-5-7-15(8-6-14)31-23(28,29)18-11-10-17(21(26)22(18)27)16-9-4-13(2)19(24)20(16)25/h4,7,9-11,14H,3,5-6,8,12H2,1-2H3. The van der Waals surface area contributed by atoms with Crippen molar-refractivity contribution in [1.82, 2.24) is 0 Å². The molecule has 1 atom stereocenters. The lowest BCUT2D eigenvalue weighted by Gasteiger charge is -2.26. The Bertz CT molecular complexity index is 987. The van der Waals surface area contributed by atoms with Crippen LogP contribution in [0, 0.1) is 36.1 Å². The van der Waals surface area contributed by atoms with Gasteiger partial charge in [-0.3, -0.25) is 0 Å². The van der Waals surface area contributed by atoms with E-state index >= 15 is 0 Å². The van der Waals surface area contributed by atoms with Crippen molar-refractivity contribution in [1.29, 1.82) is 0 Å². The van der Waals surface area contributed by atoms with E-state index in [0.717, 1.165) is 12.1 Å². The van der Waals surface area contributed by atoms with Crippen molar-refractivity contribution < 1.29 is 35.8 Å². The van der Waals surface area contributed by atoms with Gasteiger partial charge >= 0.3 is 6.11 Å². The smallest absolute Gasteiger partial charge is 0.429 e. The highest BCUT2D eigenvalue weighted by atomic mass is 19.3. The zero-order valence-electron chi connectivity index (χ0n) is 17.1. The Hall–Kier alpha value is -2.48. The van der Waals surface area contributed by atoms with Gasteiger partial charge in [0.25, 0.3) is 0 Å². The Kier molecular flexibility index (Phi) is 6.99. The predicted molar refractivity (Wildman–Crippen MR) is 103 cm³/mol. The van der Waals surface area contributed by atoms with Gasteiger partial charge in [-0.15, -0.1) is 0 Å². The summed E-state index contributed by atoms with van der Waals surface area (Å²) in [5.41, 5.74) is -2.57. The van der Waals surface area contributed by atoms with Crippen LogP contribution in [0.5, 0.6) is 0 Å². The number of alkyl halides is 2. The number of aryl methyl sites for hydroxylation is 1. The van der Waals surface area contributed by atoms with Crippen LogP contribution in [-0.2, 0) is 15.6 Å². The molecule has 0 aromatic heterocycles. The van der Waals surface area contributed by atoms with Crippen LogP contribution in [-0.4, -0.2) is 13.2 Å². The number of rotatable bonds is 7. The third kappa shape index (κ3) is 4.89. The minimum absolute atomic E-state index is 0.0201. The highest BCUT2D eigenvalue weighted by Gasteiger charge is 2.40. The Morgan fingerprint density at radius 2 is 1.58 bits per heavy atom. The fourth-order valence-corrected chi connectivity index (χ4v) is 3.45. The topological polar surface area (TPSA) is 18.5 Å². The summed E-state index contributed by atoms with van der Waals surface area (Å²) in [4.78, 5) is 0. The van der Waals surface area contributed by atoms with E-state index in [-0.39, 0.29) is 23.7 Å². The van der Waals surface area contributed by atoms with E-state index < -0.39 is 46.1 Å². The van der Waals surface area contributed by atoms with Crippen molar-refractivity contribution in [3.05, 3.63) is 70.5 Å². The van der Waals surface area contributed by atoms with Crippen LogP contribution in [0.3, 0.4) is 0 Å². The molecule has 2 aromatic rings. The van der Waals surface area contributed by atoms with E-state index in [2.05, 4.69) is 0 Å². The molecular weight excluding hydrogens is 422 g/mol. The summed E-state index contributed by atoms with van der Waals surface area (Å²) >= 11 is 0. The molecule has 2 nitrogen and oxygen atoms in total. The molecule has 0 heterocycles. The summed E-state index contributed by atoms with van der Waals surface area (Å²) < 4.78 is 96.2. The maximum absolute atomic E-state index is 14.6. The van der Waals surface area contributed by atoms with Gasteiger partial charge in [0.05, 0.1) is 5.76 Å². The summed E-state index contributed by atoms with van der Waals surface area (Å²) in [6, 6.07) is 3.65. The van der Waals surface area contributed by atoms with Gasteiger partial charge in [0, 0.05) is 30.8 Å². The minimum atomic E-state index is -4.14. The molecule has 1 aliphatic carbocycles. The van der Waals surface area contributed by atoms with Crippen LogP contribution in [0.4, 0.5) is 26.3 Å². The molecule has 0 saturated heterocycles. The fraction of sp³-hybridized carbons (Fsp3) is 0.391. The summed E-state index contributed by atoms with van der Waals surface area (Å²) in [6.45, 7) is 4.23. The molecule has 8 heteroatoms. The van der Waals surface area contributed by atoms with Gasteiger partial charge in [-0.05, 0) is 50.3 Å². The second kappa shape index (κ2) is 9.34. The average Bonchev–Trinajstić information content (AvgIpc) is 2.73. The highest BCUT2D eigenvalue weighted by Crippen LogP contribution is 2.39. The zero-order chi connectivity index (χ0) is 22.8. The molecule has 0 amide bonds. The van der Waals surface area contributed by atoms with Crippen LogP contribution in [0.15, 0.2) is 36.1 Å². The first-order chi connectivity index (χ1) is 14.7. The number of hydrogen-bond acceptors (Lipinski definition) is 2. The Labute approximate surface area is 176 Å². The van der Waals surface area contributed by atoms with Crippen LogP contribution < -0.4 is 0 Å². The summed E-state index contributed by atoms with van der Waals surface area (Å²) in [7, 11) is 0. The normalized spacial score (nSPS) is 16.9. The van der Waals surface area contributed by atoms with Gasteiger partial charge in [0.1, 0.15) is 5.56 Å². The molecule has 0 spiro atoms. The molecule has 3 rings (SSSR count). The Balaban J connectivity index is 1.84. The molecule has 2 aromatic carbocycles. The van der Waals surface area contributed by atoms with Crippen LogP contribution in [0.1, 0.15) is 37.3 Å². The SMILES string of the molecule is CCOCC1CC=C(OC(F)(F)c2ccc(-c3ccc(C)c(F)c3F)c(F)c2F)CC1. The van der Waals surface area contributed by atoms with Gasteiger partial charge in [0.15, 0.2) is 23.3 Å². The summed E-state index contributed by atoms with van der Waals surface area (Å²) in [6.07, 6.45) is -1.40. The number of halogens is 6. The lowest BCUT2D eigenvalue weighted by molar-refractivity contribution is -0.228. The van der Waals surface area contributed by atoms with Crippen LogP contribution in [0.2, 0.25) is 0 Å².